The summed E-state index contributed by atoms with van der Waals surface area (Å²) in [5.41, 5.74) is 0. The number of carbonyl (C=O) groups is 1. The largest absolute Gasteiger partial charge is 0.505 e. The Balaban J connectivity index is 3.70. The maximum atomic E-state index is 10.6. The lowest BCUT2D eigenvalue weighted by molar-refractivity contribution is 0.0850. The van der Waals surface area contributed by atoms with Crippen LogP contribution in [0.3, 0.4) is 0 Å². The van der Waals surface area contributed by atoms with Crippen LogP contribution in [-0.4, -0.2) is 17.9 Å². The predicted octanol–water partition coefficient (Wildman–Crippen LogP) is 9.53. The van der Waals surface area contributed by atoms with Crippen LogP contribution in [0.2, 0.25) is 0 Å². The molecular weight excluding hydrogens is 360 g/mol. The number of hydrogen-bond acceptors (Lipinski definition) is 2. The molecular formula is C26H52O3. The van der Waals surface area contributed by atoms with Crippen molar-refractivity contribution >= 4 is 6.16 Å². The van der Waals surface area contributed by atoms with E-state index in [-0.39, 0.29) is 0 Å². The Morgan fingerprint density at radius 2 is 0.931 bits per heavy atom. The van der Waals surface area contributed by atoms with Crippen molar-refractivity contribution < 1.29 is 14.6 Å². The van der Waals surface area contributed by atoms with Crippen LogP contribution in [0, 0.1) is 5.92 Å². The van der Waals surface area contributed by atoms with Crippen molar-refractivity contribution in [1.82, 2.24) is 0 Å². The summed E-state index contributed by atoms with van der Waals surface area (Å²) >= 11 is 0. The molecule has 0 rings (SSSR count). The molecule has 0 fully saturated rings. The monoisotopic (exact) mass is 412 g/mol. The summed E-state index contributed by atoms with van der Waals surface area (Å²) < 4.78 is 4.77. The lowest BCUT2D eigenvalue weighted by Gasteiger charge is -2.16. The molecule has 0 aliphatic carbocycles. The molecule has 0 aromatic heterocycles. The zero-order valence-electron chi connectivity index (χ0n) is 19.9. The topological polar surface area (TPSA) is 46.5 Å². The zero-order valence-corrected chi connectivity index (χ0v) is 19.9. The SMILES string of the molecule is CCCCCCCCCCCCCC(CCCCCCCCC)CCOC(=O)O. The normalized spacial score (nSPS) is 12.2. The van der Waals surface area contributed by atoms with Gasteiger partial charge >= 0.3 is 6.16 Å². The van der Waals surface area contributed by atoms with Gasteiger partial charge in [-0.1, -0.05) is 142 Å². The van der Waals surface area contributed by atoms with E-state index in [1.54, 1.807) is 0 Å². The molecule has 29 heavy (non-hydrogen) atoms. The number of ether oxygens (including phenoxy) is 1. The molecule has 1 N–H and O–H groups in total. The molecule has 0 aromatic carbocycles. The fraction of sp³-hybridized carbons (Fsp3) is 0.962. The second-order valence-corrected chi connectivity index (χ2v) is 9.00. The molecule has 0 bridgehead atoms. The molecule has 0 radical (unpaired) electrons. The van der Waals surface area contributed by atoms with Crippen LogP contribution in [0.25, 0.3) is 0 Å². The van der Waals surface area contributed by atoms with Gasteiger partial charge in [-0.2, -0.15) is 0 Å². The summed E-state index contributed by atoms with van der Waals surface area (Å²) in [5.74, 6) is 0.642. The lowest BCUT2D eigenvalue weighted by atomic mass is 9.91. The third-order valence-electron chi connectivity index (χ3n) is 6.18. The van der Waals surface area contributed by atoms with E-state index < -0.39 is 6.16 Å². The lowest BCUT2D eigenvalue weighted by Crippen LogP contribution is -2.09. The van der Waals surface area contributed by atoms with Gasteiger partial charge in [0.05, 0.1) is 6.61 Å². The van der Waals surface area contributed by atoms with Gasteiger partial charge in [-0.05, 0) is 12.3 Å². The van der Waals surface area contributed by atoms with E-state index in [1.807, 2.05) is 0 Å². The van der Waals surface area contributed by atoms with Crippen molar-refractivity contribution in [3.8, 4) is 0 Å². The fourth-order valence-corrected chi connectivity index (χ4v) is 4.23. The second kappa shape index (κ2) is 23.5. The Labute approximate surface area is 182 Å². The van der Waals surface area contributed by atoms with E-state index >= 15 is 0 Å². The van der Waals surface area contributed by atoms with Gasteiger partial charge in [-0.3, -0.25) is 0 Å². The molecule has 174 valence electrons. The van der Waals surface area contributed by atoms with Gasteiger partial charge in [0.25, 0.3) is 0 Å². The molecule has 3 nitrogen and oxygen atoms in total. The highest BCUT2D eigenvalue weighted by atomic mass is 16.7. The molecule has 0 aromatic rings. The Hall–Kier alpha value is -0.730. The minimum absolute atomic E-state index is 0.370. The summed E-state index contributed by atoms with van der Waals surface area (Å²) in [4.78, 5) is 10.6. The van der Waals surface area contributed by atoms with Crippen LogP contribution in [0.1, 0.15) is 149 Å². The summed E-state index contributed by atoms with van der Waals surface area (Å²) in [6.45, 7) is 4.91. The van der Waals surface area contributed by atoms with E-state index in [0.717, 1.165) is 6.42 Å². The molecule has 1 unspecified atom stereocenters. The molecule has 0 aliphatic heterocycles. The Morgan fingerprint density at radius 3 is 1.28 bits per heavy atom. The molecule has 0 saturated carbocycles. The summed E-state index contributed by atoms with van der Waals surface area (Å²) in [6, 6.07) is 0. The van der Waals surface area contributed by atoms with Crippen LogP contribution in [0.15, 0.2) is 0 Å². The van der Waals surface area contributed by atoms with Crippen molar-refractivity contribution in [2.75, 3.05) is 6.61 Å². The number of hydrogen-bond donors (Lipinski definition) is 1. The maximum Gasteiger partial charge on any atom is 0.505 e. The summed E-state index contributed by atoms with van der Waals surface area (Å²) in [5, 5.41) is 8.70. The van der Waals surface area contributed by atoms with Gasteiger partial charge in [0, 0.05) is 0 Å². The quantitative estimate of drug-likeness (QED) is 0.134. The van der Waals surface area contributed by atoms with E-state index in [1.165, 1.54) is 128 Å². The van der Waals surface area contributed by atoms with Crippen LogP contribution in [0.5, 0.6) is 0 Å². The van der Waals surface area contributed by atoms with Crippen molar-refractivity contribution in [3.63, 3.8) is 0 Å². The Bertz CT molecular complexity index is 330. The molecule has 0 spiro atoms. The zero-order chi connectivity index (χ0) is 21.4. The molecule has 3 heteroatoms. The van der Waals surface area contributed by atoms with E-state index in [2.05, 4.69) is 13.8 Å². The van der Waals surface area contributed by atoms with Gasteiger partial charge in [-0.25, -0.2) is 4.79 Å². The van der Waals surface area contributed by atoms with Gasteiger partial charge < -0.3 is 9.84 Å². The smallest absolute Gasteiger partial charge is 0.450 e. The number of rotatable bonds is 23. The van der Waals surface area contributed by atoms with Crippen molar-refractivity contribution in [3.05, 3.63) is 0 Å². The first-order valence-electron chi connectivity index (χ1n) is 13.1. The average molecular weight is 413 g/mol. The minimum atomic E-state index is -1.13. The molecule has 0 heterocycles. The predicted molar refractivity (Wildman–Crippen MR) is 126 cm³/mol. The highest BCUT2D eigenvalue weighted by Crippen LogP contribution is 2.22. The first kappa shape index (κ1) is 28.3. The third kappa shape index (κ3) is 23.4. The van der Waals surface area contributed by atoms with E-state index in [9.17, 15) is 4.79 Å². The van der Waals surface area contributed by atoms with E-state index in [4.69, 9.17) is 9.84 Å². The summed E-state index contributed by atoms with van der Waals surface area (Å²) in [6.07, 6.45) is 26.9. The van der Waals surface area contributed by atoms with Crippen molar-refractivity contribution in [1.29, 1.82) is 0 Å². The minimum Gasteiger partial charge on any atom is -0.450 e. The molecule has 0 saturated heterocycles. The highest BCUT2D eigenvalue weighted by Gasteiger charge is 2.10. The first-order valence-corrected chi connectivity index (χ1v) is 13.1. The molecule has 0 amide bonds. The van der Waals surface area contributed by atoms with Gasteiger partial charge in [-0.15, -0.1) is 0 Å². The maximum absolute atomic E-state index is 10.6. The Morgan fingerprint density at radius 1 is 0.586 bits per heavy atom. The van der Waals surface area contributed by atoms with Gasteiger partial charge in [0.2, 0.25) is 0 Å². The van der Waals surface area contributed by atoms with Crippen LogP contribution >= 0.6 is 0 Å². The number of carboxylic acid groups (broad SMARTS) is 1. The van der Waals surface area contributed by atoms with Gasteiger partial charge in [0.15, 0.2) is 0 Å². The highest BCUT2D eigenvalue weighted by molar-refractivity contribution is 5.56. The second-order valence-electron chi connectivity index (χ2n) is 9.00. The average Bonchev–Trinajstić information content (AvgIpc) is 2.70. The fourth-order valence-electron chi connectivity index (χ4n) is 4.23. The van der Waals surface area contributed by atoms with Crippen LogP contribution < -0.4 is 0 Å². The molecule has 0 aliphatic rings. The number of unbranched alkanes of at least 4 members (excludes halogenated alkanes) is 16. The van der Waals surface area contributed by atoms with Gasteiger partial charge in [0.1, 0.15) is 0 Å². The third-order valence-corrected chi connectivity index (χ3v) is 6.18. The Kier molecular flexibility index (Phi) is 23.0. The van der Waals surface area contributed by atoms with Crippen LogP contribution in [0.4, 0.5) is 4.79 Å². The van der Waals surface area contributed by atoms with Crippen LogP contribution in [-0.2, 0) is 4.74 Å². The standard InChI is InChI=1S/C26H52O3/c1-3-5-7-9-11-12-13-14-16-18-20-22-25(23-24-29-26(27)28)21-19-17-15-10-8-6-4-2/h25H,3-24H2,1-2H3,(H,27,28). The van der Waals surface area contributed by atoms with E-state index in [0.29, 0.717) is 12.5 Å². The van der Waals surface area contributed by atoms with Crippen molar-refractivity contribution in [2.45, 2.75) is 149 Å². The molecule has 1 atom stereocenters. The summed E-state index contributed by atoms with van der Waals surface area (Å²) in [7, 11) is 0. The van der Waals surface area contributed by atoms with Crippen molar-refractivity contribution in [2.24, 2.45) is 5.92 Å². The first-order chi connectivity index (χ1) is 14.2.